The highest BCUT2D eigenvalue weighted by molar-refractivity contribution is 5.89. The molecule has 3 aliphatic carbocycles. The number of methoxy groups -OCH3 is 1. The van der Waals surface area contributed by atoms with Gasteiger partial charge in [-0.1, -0.05) is 63.5 Å². The summed E-state index contributed by atoms with van der Waals surface area (Å²) in [6, 6.07) is 18.4. The maximum Gasteiger partial charge on any atom is 0.160 e. The van der Waals surface area contributed by atoms with Gasteiger partial charge in [0, 0.05) is 72.1 Å². The average Bonchev–Trinajstić information content (AvgIpc) is 3.80. The molecule has 1 aromatic heterocycles. The van der Waals surface area contributed by atoms with Crippen molar-refractivity contribution in [1.82, 2.24) is 20.9 Å². The minimum atomic E-state index is -0.991. The molecule has 0 radical (unpaired) electrons. The summed E-state index contributed by atoms with van der Waals surface area (Å²) in [5.74, 6) is 2.49. The van der Waals surface area contributed by atoms with E-state index in [1.807, 2.05) is 25.3 Å². The fourth-order valence-corrected chi connectivity index (χ4v) is 12.2. The van der Waals surface area contributed by atoms with Crippen LogP contribution in [0.15, 0.2) is 66.9 Å². The molecule has 0 spiro atoms. The molecule has 8 N–H and O–H groups in total. The van der Waals surface area contributed by atoms with E-state index in [0.717, 1.165) is 79.8 Å². The first-order valence-corrected chi connectivity index (χ1v) is 24.6. The molecule has 2 aliphatic heterocycles. The van der Waals surface area contributed by atoms with E-state index in [0.29, 0.717) is 76.3 Å². The van der Waals surface area contributed by atoms with Gasteiger partial charge in [-0.15, -0.1) is 0 Å². The average molecular weight is 913 g/mol. The van der Waals surface area contributed by atoms with E-state index < -0.39 is 17.3 Å². The normalized spacial score (nSPS) is 24.0. The van der Waals surface area contributed by atoms with E-state index in [2.05, 4.69) is 77.3 Å². The molecule has 356 valence electrons. The van der Waals surface area contributed by atoms with Crippen molar-refractivity contribution in [2.24, 2.45) is 5.92 Å². The van der Waals surface area contributed by atoms with Gasteiger partial charge < -0.3 is 55.0 Å². The van der Waals surface area contributed by atoms with Crippen molar-refractivity contribution >= 4 is 17.0 Å². The van der Waals surface area contributed by atoms with Crippen LogP contribution >= 0.6 is 0 Å². The number of aliphatic hydroxyl groups excluding tert-OH is 1. The van der Waals surface area contributed by atoms with Crippen molar-refractivity contribution in [3.63, 3.8) is 0 Å². The molecule has 3 heterocycles. The third kappa shape index (κ3) is 8.81. The fraction of sp³-hybridized carbons (Fsp3) is 0.491. The molecule has 5 aliphatic rings. The number of aromatic hydroxyl groups is 2. The predicted octanol–water partition coefficient (Wildman–Crippen LogP) is 8.64. The zero-order valence-electron chi connectivity index (χ0n) is 39.4. The number of H-pyrrole nitrogens is 1. The molecule has 12 heteroatoms. The summed E-state index contributed by atoms with van der Waals surface area (Å²) in [6.45, 7) is 7.56. The molecule has 1 fully saturated rings. The number of aliphatic hydroxyl groups is 2. The highest BCUT2D eigenvalue weighted by Crippen LogP contribution is 2.60. The number of phenols is 2. The van der Waals surface area contributed by atoms with E-state index in [4.69, 9.17) is 18.9 Å². The van der Waals surface area contributed by atoms with Gasteiger partial charge in [-0.25, -0.2) is 0 Å². The maximum absolute atomic E-state index is 11.5. The van der Waals surface area contributed by atoms with Crippen LogP contribution in [0.1, 0.15) is 123 Å². The minimum Gasteiger partial charge on any atom is -0.507 e. The summed E-state index contributed by atoms with van der Waals surface area (Å²) < 4.78 is 27.5. The zero-order valence-corrected chi connectivity index (χ0v) is 39.4. The van der Waals surface area contributed by atoms with Crippen molar-refractivity contribution in [2.75, 3.05) is 40.2 Å². The van der Waals surface area contributed by atoms with E-state index >= 15 is 0 Å². The van der Waals surface area contributed by atoms with E-state index in [1.165, 1.54) is 24.8 Å². The lowest BCUT2D eigenvalue weighted by Crippen LogP contribution is -2.56. The van der Waals surface area contributed by atoms with Gasteiger partial charge in [0.05, 0.1) is 26.0 Å². The molecule has 0 amide bonds. The van der Waals surface area contributed by atoms with Crippen molar-refractivity contribution in [3.8, 4) is 39.9 Å². The molecule has 67 heavy (non-hydrogen) atoms. The Morgan fingerprint density at radius 3 is 2.54 bits per heavy atom. The molecule has 12 nitrogen and oxygen atoms in total. The predicted molar refractivity (Wildman–Crippen MR) is 261 cm³/mol. The fourth-order valence-electron chi connectivity index (χ4n) is 12.2. The van der Waals surface area contributed by atoms with Gasteiger partial charge in [0.25, 0.3) is 0 Å². The topological polar surface area (TPSA) is 170 Å². The molecule has 10 rings (SSSR count). The van der Waals surface area contributed by atoms with Gasteiger partial charge in [0.1, 0.15) is 29.0 Å². The van der Waals surface area contributed by atoms with Gasteiger partial charge in [0.2, 0.25) is 0 Å². The van der Waals surface area contributed by atoms with Crippen LogP contribution in [-0.2, 0) is 24.0 Å². The third-order valence-electron chi connectivity index (χ3n) is 15.2. The number of phenolic OH excluding ortho intramolecular Hbond substituents is 2. The SMILES string of the molecule is COc1cc([C@H]2Oc3c(c4c(c5c3CC[C@H](CO)O5)-c3ccc(O)c5c3[C@H](C4)[C@H](c3ccc4[nH]ccc4c3)C=C5)C[C@@]2(CNCNC[C@@](C)(O)CC(C)C)OCNC2CCCCC2)ccc1O. The molecule has 6 atom stereocenters. The smallest absolute Gasteiger partial charge is 0.160 e. The summed E-state index contributed by atoms with van der Waals surface area (Å²) in [4.78, 5) is 3.35. The van der Waals surface area contributed by atoms with Crippen LogP contribution in [0.2, 0.25) is 0 Å². The van der Waals surface area contributed by atoms with E-state index in [9.17, 15) is 20.4 Å². The minimum absolute atomic E-state index is 0.0151. The van der Waals surface area contributed by atoms with Crippen molar-refractivity contribution in [2.45, 2.75) is 126 Å². The number of allylic oxidation sites excluding steroid dienone is 1. The molecule has 0 unspecified atom stereocenters. The van der Waals surface area contributed by atoms with Gasteiger partial charge >= 0.3 is 0 Å². The highest BCUT2D eigenvalue weighted by Gasteiger charge is 2.51. The van der Waals surface area contributed by atoms with Gasteiger partial charge in [-0.05, 0) is 127 Å². The van der Waals surface area contributed by atoms with Crippen molar-refractivity contribution in [1.29, 1.82) is 0 Å². The molecule has 4 aromatic carbocycles. The monoisotopic (exact) mass is 913 g/mol. The standard InChI is InChI=1S/C55H68N4O8/c1-32(2)25-54(3,63)28-56-30-57-29-55(65-31-59-36-8-6-5-7-9-36)26-44-43-24-42-38(33-10-17-45-34(22-33)20-21-58-45)14-15-39-46(61)19-16-40(49(39)42)50(43)52-41(13-12-37(27-60)66-52)51(44)67-53(55)35-11-18-47(62)48(23-35)64-4/h10-11,14-23,32,36-38,42,53,56-63H,5-9,12-13,24-31H2,1-4H3/t37-,38+,42-,53-,54+,55+/m1/s1. The Labute approximate surface area is 394 Å². The van der Waals surface area contributed by atoms with Crippen LogP contribution in [0.3, 0.4) is 0 Å². The summed E-state index contributed by atoms with van der Waals surface area (Å²) in [5.41, 5.74) is 8.36. The quantitative estimate of drug-likeness (QED) is 0.0352. The lowest BCUT2D eigenvalue weighted by Gasteiger charge is -2.48. The first-order chi connectivity index (χ1) is 32.5. The Hall–Kier alpha value is -5.08. The first kappa shape index (κ1) is 45.7. The molecule has 5 aromatic rings. The zero-order chi connectivity index (χ0) is 46.5. The van der Waals surface area contributed by atoms with E-state index in [1.54, 1.807) is 19.2 Å². The summed E-state index contributed by atoms with van der Waals surface area (Å²) in [6.07, 6.45) is 14.2. The lowest BCUT2D eigenvalue weighted by atomic mass is 9.64. The van der Waals surface area contributed by atoms with Crippen LogP contribution in [0.4, 0.5) is 0 Å². The lowest BCUT2D eigenvalue weighted by molar-refractivity contribution is -0.132. The highest BCUT2D eigenvalue weighted by atomic mass is 16.6. The Morgan fingerprint density at radius 2 is 1.73 bits per heavy atom. The van der Waals surface area contributed by atoms with Gasteiger partial charge in [-0.2, -0.15) is 0 Å². The Bertz CT molecular complexity index is 2630. The Kier molecular flexibility index (Phi) is 12.8. The number of ether oxygens (including phenoxy) is 4. The number of fused-ring (bicyclic) bond motifs is 8. The molecule has 1 saturated carbocycles. The largest absolute Gasteiger partial charge is 0.507 e. The number of aromatic amines is 1. The summed E-state index contributed by atoms with van der Waals surface area (Å²) in [7, 11) is 1.56. The van der Waals surface area contributed by atoms with Crippen LogP contribution in [-0.4, -0.2) is 89.0 Å². The summed E-state index contributed by atoms with van der Waals surface area (Å²) >= 11 is 0. The third-order valence-corrected chi connectivity index (χ3v) is 15.2. The number of benzene rings is 4. The second-order valence-corrected chi connectivity index (χ2v) is 20.5. The van der Waals surface area contributed by atoms with E-state index in [-0.39, 0.29) is 36.0 Å². The second kappa shape index (κ2) is 18.8. The summed E-state index contributed by atoms with van der Waals surface area (Å²) in [5, 5.41) is 56.2. The number of hydrogen-bond donors (Lipinski definition) is 8. The van der Waals surface area contributed by atoms with Crippen molar-refractivity contribution in [3.05, 3.63) is 106 Å². The van der Waals surface area contributed by atoms with Gasteiger partial charge in [0.15, 0.2) is 17.6 Å². The van der Waals surface area contributed by atoms with Crippen LogP contribution in [0.25, 0.3) is 28.1 Å². The van der Waals surface area contributed by atoms with Gasteiger partial charge in [-0.3, -0.25) is 5.32 Å². The van der Waals surface area contributed by atoms with Crippen LogP contribution in [0.5, 0.6) is 28.7 Å². The maximum atomic E-state index is 11.5. The number of rotatable bonds is 16. The Morgan fingerprint density at radius 1 is 0.910 bits per heavy atom. The molecule has 0 bridgehead atoms. The number of aromatic nitrogens is 1. The Balaban J connectivity index is 1.12. The molecular formula is C55H68N4O8. The first-order valence-electron chi connectivity index (χ1n) is 24.6. The van der Waals surface area contributed by atoms with Crippen molar-refractivity contribution < 1.29 is 39.4 Å². The number of nitrogens with one attached hydrogen (secondary N) is 4. The molecule has 0 saturated heterocycles. The van der Waals surface area contributed by atoms with Crippen LogP contribution in [0, 0.1) is 5.92 Å². The number of hydrogen-bond acceptors (Lipinski definition) is 11. The molecular weight excluding hydrogens is 845 g/mol. The second-order valence-electron chi connectivity index (χ2n) is 20.5. The van der Waals surface area contributed by atoms with Crippen LogP contribution < -0.4 is 30.2 Å².